The van der Waals surface area contributed by atoms with E-state index in [0.29, 0.717) is 0 Å². The van der Waals surface area contributed by atoms with E-state index >= 15 is 0 Å². The summed E-state index contributed by atoms with van der Waals surface area (Å²) < 4.78 is 5.18. The number of anilines is 6. The molecule has 0 spiro atoms. The Morgan fingerprint density at radius 2 is 0.750 bits per heavy atom. The van der Waals surface area contributed by atoms with Gasteiger partial charge in [-0.25, -0.2) is 0 Å². The number of rotatable bonds is 2. The van der Waals surface area contributed by atoms with Gasteiger partial charge in [-0.05, 0) is 106 Å². The van der Waals surface area contributed by atoms with Gasteiger partial charge < -0.3 is 18.9 Å². The van der Waals surface area contributed by atoms with Crippen LogP contribution in [0.5, 0.6) is 0 Å². The summed E-state index contributed by atoms with van der Waals surface area (Å²) >= 11 is 0. The highest BCUT2D eigenvalue weighted by Crippen LogP contribution is 2.46. The summed E-state index contributed by atoms with van der Waals surface area (Å²) in [6.45, 7) is 0.0688. The molecule has 0 saturated carbocycles. The van der Waals surface area contributed by atoms with Crippen LogP contribution in [-0.4, -0.2) is 22.6 Å². The van der Waals surface area contributed by atoms with E-state index < -0.39 is 0 Å². The molecule has 0 amide bonds. The fourth-order valence-electron chi connectivity index (χ4n) is 11.9. The van der Waals surface area contributed by atoms with Crippen molar-refractivity contribution in [3.8, 4) is 11.4 Å². The fourth-order valence-corrected chi connectivity index (χ4v) is 11.9. The topological polar surface area (TPSA) is 16.3 Å². The highest BCUT2D eigenvalue weighted by molar-refractivity contribution is 7.03. The third-order valence-corrected chi connectivity index (χ3v) is 14.0. The standard InChI is InChI=1S/C54H32B2N4/c1-3-16-33(17-4-1)57-45-26-13-9-22-39(45)55-41-31-42-50(32-49(41)58(34-18-5-2-6-19-34)48-29-15-28-47(57)51(48)55)60-44-25-12-8-21-36(44)38-30-37-35-20-7-11-24-43(35)59-46-27-14-10-23-40(46)56(42)52(53(37)59)54(38)60/h1-32H. The predicted molar refractivity (Wildman–Crippen MR) is 254 cm³/mol. The Morgan fingerprint density at radius 3 is 1.40 bits per heavy atom. The Bertz CT molecular complexity index is 3700. The van der Waals surface area contributed by atoms with Gasteiger partial charge in [-0.3, -0.25) is 0 Å². The minimum absolute atomic E-state index is 0.0246. The summed E-state index contributed by atoms with van der Waals surface area (Å²) in [4.78, 5) is 5.01. The molecular weight excluding hydrogens is 726 g/mol. The zero-order chi connectivity index (χ0) is 38.8. The van der Waals surface area contributed by atoms with Crippen LogP contribution in [0.3, 0.4) is 0 Å². The molecule has 0 bridgehead atoms. The third-order valence-electron chi connectivity index (χ3n) is 14.0. The lowest BCUT2D eigenvalue weighted by Gasteiger charge is -2.45. The Labute approximate surface area is 346 Å². The molecular formula is C54H32B2N4. The van der Waals surface area contributed by atoms with E-state index in [0.717, 1.165) is 11.4 Å². The minimum Gasteiger partial charge on any atom is -0.311 e. The van der Waals surface area contributed by atoms with E-state index in [1.807, 2.05) is 0 Å². The Hall–Kier alpha value is -7.69. The van der Waals surface area contributed by atoms with Crippen molar-refractivity contribution in [2.75, 3.05) is 9.80 Å². The summed E-state index contributed by atoms with van der Waals surface area (Å²) in [6, 6.07) is 72.8. The molecule has 6 heteroatoms. The molecule has 274 valence electrons. The molecule has 0 radical (unpaired) electrons. The smallest absolute Gasteiger partial charge is 0.252 e. The molecule has 0 fully saturated rings. The fraction of sp³-hybridized carbons (Fsp3) is 0. The largest absolute Gasteiger partial charge is 0.311 e. The van der Waals surface area contributed by atoms with Crippen molar-refractivity contribution in [1.82, 2.24) is 9.13 Å². The molecule has 6 heterocycles. The lowest BCUT2D eigenvalue weighted by Crippen LogP contribution is -2.64. The zero-order valence-corrected chi connectivity index (χ0v) is 32.4. The molecule has 0 saturated heterocycles. The van der Waals surface area contributed by atoms with Gasteiger partial charge in [-0.15, -0.1) is 0 Å². The second-order valence-electron chi connectivity index (χ2n) is 16.8. The molecule has 4 aliphatic heterocycles. The van der Waals surface area contributed by atoms with E-state index in [1.165, 1.54) is 111 Å². The number of fused-ring (bicyclic) bond motifs is 16. The van der Waals surface area contributed by atoms with Gasteiger partial charge in [0.25, 0.3) is 13.4 Å². The van der Waals surface area contributed by atoms with Crippen LogP contribution in [0.4, 0.5) is 34.1 Å². The Kier molecular flexibility index (Phi) is 5.78. The number of aromatic nitrogens is 2. The molecule has 9 aromatic carbocycles. The van der Waals surface area contributed by atoms with Crippen LogP contribution in [0, 0.1) is 0 Å². The van der Waals surface area contributed by atoms with Crippen molar-refractivity contribution in [3.05, 3.63) is 194 Å². The van der Waals surface area contributed by atoms with Gasteiger partial charge in [0.1, 0.15) is 0 Å². The Balaban J connectivity index is 1.12. The molecule has 0 aliphatic carbocycles. The normalized spacial score (nSPS) is 13.9. The first-order chi connectivity index (χ1) is 29.8. The lowest BCUT2D eigenvalue weighted by molar-refractivity contribution is 1.16. The van der Waals surface area contributed by atoms with Gasteiger partial charge in [-0.2, -0.15) is 0 Å². The highest BCUT2D eigenvalue weighted by atomic mass is 15.2. The van der Waals surface area contributed by atoms with E-state index in [-0.39, 0.29) is 13.4 Å². The maximum Gasteiger partial charge on any atom is 0.252 e. The van der Waals surface area contributed by atoms with Crippen LogP contribution < -0.4 is 42.6 Å². The molecule has 0 unspecified atom stereocenters. The van der Waals surface area contributed by atoms with Crippen molar-refractivity contribution in [2.24, 2.45) is 0 Å². The molecule has 60 heavy (non-hydrogen) atoms. The van der Waals surface area contributed by atoms with Crippen LogP contribution in [0.25, 0.3) is 55.0 Å². The van der Waals surface area contributed by atoms with Crippen LogP contribution in [-0.2, 0) is 0 Å². The first kappa shape index (κ1) is 31.3. The van der Waals surface area contributed by atoms with E-state index in [9.17, 15) is 0 Å². The van der Waals surface area contributed by atoms with Crippen LogP contribution in [0.2, 0.25) is 0 Å². The van der Waals surface area contributed by atoms with Gasteiger partial charge in [0.05, 0.1) is 22.1 Å². The van der Waals surface area contributed by atoms with Gasteiger partial charge in [0, 0.05) is 67.0 Å². The number of benzene rings is 9. The molecule has 4 nitrogen and oxygen atoms in total. The first-order valence-corrected chi connectivity index (χ1v) is 21.0. The number of para-hydroxylation sites is 6. The molecule has 2 aromatic heterocycles. The summed E-state index contributed by atoms with van der Waals surface area (Å²) in [7, 11) is 0. The minimum atomic E-state index is 0.0246. The van der Waals surface area contributed by atoms with Gasteiger partial charge in [0.15, 0.2) is 0 Å². The van der Waals surface area contributed by atoms with Crippen molar-refractivity contribution in [2.45, 2.75) is 0 Å². The highest BCUT2D eigenvalue weighted by Gasteiger charge is 2.46. The molecule has 0 atom stereocenters. The first-order valence-electron chi connectivity index (χ1n) is 21.0. The van der Waals surface area contributed by atoms with Gasteiger partial charge >= 0.3 is 0 Å². The van der Waals surface area contributed by atoms with E-state index in [1.54, 1.807) is 0 Å². The average Bonchev–Trinajstić information content (AvgIpc) is 3.83. The van der Waals surface area contributed by atoms with Crippen LogP contribution in [0.1, 0.15) is 0 Å². The third kappa shape index (κ3) is 3.68. The maximum atomic E-state index is 2.63. The van der Waals surface area contributed by atoms with Crippen molar-refractivity contribution >= 4 is 124 Å². The molecule has 0 N–H and O–H groups in total. The van der Waals surface area contributed by atoms with E-state index in [4.69, 9.17) is 0 Å². The Morgan fingerprint density at radius 1 is 0.283 bits per heavy atom. The number of hydrogen-bond donors (Lipinski definition) is 0. The van der Waals surface area contributed by atoms with Crippen molar-refractivity contribution in [3.63, 3.8) is 0 Å². The molecule has 4 aliphatic rings. The van der Waals surface area contributed by atoms with Crippen LogP contribution in [0.15, 0.2) is 194 Å². The SMILES string of the molecule is c1ccc(N2c3ccccc3B3c4cc5c(cc4N(c4ccccc4)c4cccc2c43)-n2c3ccccc3c3cc4c6ccccc6n6c4c(c32)B5c2ccccc2-6)cc1. The van der Waals surface area contributed by atoms with Crippen molar-refractivity contribution < 1.29 is 0 Å². The molecule has 11 aromatic rings. The summed E-state index contributed by atoms with van der Waals surface area (Å²) in [5.74, 6) is 0. The second kappa shape index (κ2) is 11.1. The average molecular weight is 759 g/mol. The van der Waals surface area contributed by atoms with E-state index in [2.05, 4.69) is 213 Å². The summed E-state index contributed by atoms with van der Waals surface area (Å²) in [6.07, 6.45) is 0. The number of hydrogen-bond acceptors (Lipinski definition) is 2. The monoisotopic (exact) mass is 758 g/mol. The lowest BCUT2D eigenvalue weighted by atomic mass is 9.30. The van der Waals surface area contributed by atoms with Crippen molar-refractivity contribution in [1.29, 1.82) is 0 Å². The summed E-state index contributed by atoms with van der Waals surface area (Å²) in [5, 5.41) is 5.25. The predicted octanol–water partition coefficient (Wildman–Crippen LogP) is 9.11. The summed E-state index contributed by atoms with van der Waals surface area (Å²) in [5.41, 5.74) is 23.1. The zero-order valence-electron chi connectivity index (χ0n) is 32.4. The molecule has 15 rings (SSSR count). The van der Waals surface area contributed by atoms with Crippen LogP contribution >= 0.6 is 0 Å². The number of nitrogens with zero attached hydrogens (tertiary/aromatic N) is 4. The van der Waals surface area contributed by atoms with Gasteiger partial charge in [-0.1, -0.05) is 121 Å². The maximum absolute atomic E-state index is 2.63. The van der Waals surface area contributed by atoms with Gasteiger partial charge in [0.2, 0.25) is 0 Å². The second-order valence-corrected chi connectivity index (χ2v) is 16.8. The quantitative estimate of drug-likeness (QED) is 0.164.